The van der Waals surface area contributed by atoms with E-state index in [4.69, 9.17) is 0 Å². The van der Waals surface area contributed by atoms with E-state index in [9.17, 15) is 4.79 Å². The normalized spacial score (nSPS) is 15.1. The first kappa shape index (κ1) is 14.7. The van der Waals surface area contributed by atoms with Gasteiger partial charge in [-0.1, -0.05) is 54.9 Å². The Balaban J connectivity index is 4.60. The van der Waals surface area contributed by atoms with Crippen molar-refractivity contribution >= 4 is 5.78 Å². The van der Waals surface area contributed by atoms with Crippen molar-refractivity contribution in [2.45, 2.75) is 67.7 Å². The highest BCUT2D eigenvalue weighted by Crippen LogP contribution is 2.32. The molecule has 0 heterocycles. The summed E-state index contributed by atoms with van der Waals surface area (Å²) in [6, 6.07) is 0. The maximum absolute atomic E-state index is 12.2. The molecular weight excluding hydrogens is 184 g/mol. The highest BCUT2D eigenvalue weighted by Gasteiger charge is 2.31. The molecule has 1 heteroatoms. The summed E-state index contributed by atoms with van der Waals surface area (Å²) in [6.45, 7) is 14.9. The van der Waals surface area contributed by atoms with E-state index in [1.54, 1.807) is 0 Å². The highest BCUT2D eigenvalue weighted by atomic mass is 16.1. The van der Waals surface area contributed by atoms with Crippen LogP contribution in [0.3, 0.4) is 0 Å². The molecule has 0 aliphatic carbocycles. The molecule has 0 unspecified atom stereocenters. The van der Waals surface area contributed by atoms with E-state index in [-0.39, 0.29) is 16.7 Å². The standard InChI is InChI=1S/C14H28O/c1-8-9-11(10-13(2,3)4)12(15)14(5,6)7/h11H,8-10H2,1-7H3/t11-/m0/s1. The molecule has 0 aromatic carbocycles. The van der Waals surface area contributed by atoms with Crippen molar-refractivity contribution in [2.75, 3.05) is 0 Å². The zero-order valence-electron chi connectivity index (χ0n) is 11.6. The van der Waals surface area contributed by atoms with Crippen LogP contribution in [0.4, 0.5) is 0 Å². The maximum Gasteiger partial charge on any atom is 0.141 e. The number of rotatable bonds is 4. The topological polar surface area (TPSA) is 17.1 Å². The number of ketones is 1. The predicted molar refractivity (Wildman–Crippen MR) is 66.9 cm³/mol. The molecule has 90 valence electrons. The molecule has 0 N–H and O–H groups in total. The van der Waals surface area contributed by atoms with E-state index >= 15 is 0 Å². The minimum Gasteiger partial charge on any atom is -0.299 e. The van der Waals surface area contributed by atoms with Crippen LogP contribution in [0.5, 0.6) is 0 Å². The average Bonchev–Trinajstić information content (AvgIpc) is 1.98. The minimum atomic E-state index is -0.189. The van der Waals surface area contributed by atoms with Gasteiger partial charge < -0.3 is 0 Å². The lowest BCUT2D eigenvalue weighted by molar-refractivity contribution is -0.131. The fraction of sp³-hybridized carbons (Fsp3) is 0.929. The zero-order valence-corrected chi connectivity index (χ0v) is 11.6. The van der Waals surface area contributed by atoms with Gasteiger partial charge in [0.05, 0.1) is 0 Å². The summed E-state index contributed by atoms with van der Waals surface area (Å²) in [6.07, 6.45) is 3.15. The van der Waals surface area contributed by atoms with Gasteiger partial charge >= 0.3 is 0 Å². The van der Waals surface area contributed by atoms with Gasteiger partial charge in [0, 0.05) is 11.3 Å². The Labute approximate surface area is 95.6 Å². The van der Waals surface area contributed by atoms with E-state index in [0.29, 0.717) is 5.78 Å². The van der Waals surface area contributed by atoms with Crippen molar-refractivity contribution in [1.29, 1.82) is 0 Å². The van der Waals surface area contributed by atoms with Crippen LogP contribution < -0.4 is 0 Å². The van der Waals surface area contributed by atoms with Gasteiger partial charge in [0.15, 0.2) is 0 Å². The van der Waals surface area contributed by atoms with Gasteiger partial charge in [-0.3, -0.25) is 4.79 Å². The number of Topliss-reactive ketones (excluding diaryl/α,β-unsaturated/α-hetero) is 1. The molecule has 15 heavy (non-hydrogen) atoms. The van der Waals surface area contributed by atoms with Crippen LogP contribution in [-0.2, 0) is 4.79 Å². The first-order chi connectivity index (χ1) is 6.58. The summed E-state index contributed by atoms with van der Waals surface area (Å²) in [5.41, 5.74) is 0.0613. The largest absolute Gasteiger partial charge is 0.299 e. The number of hydrogen-bond donors (Lipinski definition) is 0. The zero-order chi connectivity index (χ0) is 12.3. The van der Waals surface area contributed by atoms with E-state index in [0.717, 1.165) is 19.3 Å². The summed E-state index contributed by atoms with van der Waals surface area (Å²) in [7, 11) is 0. The SMILES string of the molecule is CCC[C@@H](CC(C)(C)C)C(=O)C(C)(C)C. The number of hydrogen-bond acceptors (Lipinski definition) is 1. The van der Waals surface area contributed by atoms with Gasteiger partial charge in [0.25, 0.3) is 0 Å². The Morgan fingerprint density at radius 1 is 1.07 bits per heavy atom. The van der Waals surface area contributed by atoms with E-state index in [2.05, 4.69) is 27.7 Å². The maximum atomic E-state index is 12.2. The second kappa shape index (κ2) is 5.14. The summed E-state index contributed by atoms with van der Waals surface area (Å²) in [4.78, 5) is 12.2. The van der Waals surface area contributed by atoms with E-state index < -0.39 is 0 Å². The molecule has 0 aliphatic heterocycles. The Morgan fingerprint density at radius 3 is 1.80 bits per heavy atom. The lowest BCUT2D eigenvalue weighted by atomic mass is 9.74. The van der Waals surface area contributed by atoms with Crippen molar-refractivity contribution in [3.63, 3.8) is 0 Å². The van der Waals surface area contributed by atoms with Crippen molar-refractivity contribution in [3.05, 3.63) is 0 Å². The van der Waals surface area contributed by atoms with Crippen LogP contribution in [0, 0.1) is 16.7 Å². The van der Waals surface area contributed by atoms with E-state index in [1.165, 1.54) is 0 Å². The quantitative estimate of drug-likeness (QED) is 0.672. The third-order valence-electron chi connectivity index (χ3n) is 2.61. The molecule has 0 radical (unpaired) electrons. The fourth-order valence-electron chi connectivity index (χ4n) is 2.03. The monoisotopic (exact) mass is 212 g/mol. The van der Waals surface area contributed by atoms with Crippen LogP contribution in [0.25, 0.3) is 0 Å². The van der Waals surface area contributed by atoms with Crippen molar-refractivity contribution < 1.29 is 4.79 Å². The van der Waals surface area contributed by atoms with Crippen molar-refractivity contribution in [3.8, 4) is 0 Å². The summed E-state index contributed by atoms with van der Waals surface area (Å²) in [5.74, 6) is 0.675. The van der Waals surface area contributed by atoms with Gasteiger partial charge in [0.2, 0.25) is 0 Å². The predicted octanol–water partition coefficient (Wildman–Crippen LogP) is 4.45. The summed E-state index contributed by atoms with van der Waals surface area (Å²) >= 11 is 0. The molecule has 1 nitrogen and oxygen atoms in total. The average molecular weight is 212 g/mol. The lowest BCUT2D eigenvalue weighted by Crippen LogP contribution is -2.31. The molecule has 0 aromatic rings. The van der Waals surface area contributed by atoms with Gasteiger partial charge in [-0.15, -0.1) is 0 Å². The van der Waals surface area contributed by atoms with Gasteiger partial charge in [0.1, 0.15) is 5.78 Å². The smallest absolute Gasteiger partial charge is 0.141 e. The molecule has 0 spiro atoms. The summed E-state index contributed by atoms with van der Waals surface area (Å²) in [5, 5.41) is 0. The minimum absolute atomic E-state index is 0.189. The van der Waals surface area contributed by atoms with Gasteiger partial charge in [-0.05, 0) is 18.3 Å². The molecule has 0 bridgehead atoms. The number of carbonyl (C=O) groups is 1. The number of carbonyl (C=O) groups excluding carboxylic acids is 1. The molecule has 0 fully saturated rings. The second-order valence-corrected chi connectivity index (χ2v) is 6.86. The summed E-state index contributed by atoms with van der Waals surface area (Å²) < 4.78 is 0. The second-order valence-electron chi connectivity index (χ2n) is 6.86. The third-order valence-corrected chi connectivity index (χ3v) is 2.61. The molecule has 1 atom stereocenters. The first-order valence-corrected chi connectivity index (χ1v) is 6.12. The molecule has 0 saturated carbocycles. The van der Waals surface area contributed by atoms with E-state index in [1.807, 2.05) is 20.8 Å². The van der Waals surface area contributed by atoms with Crippen LogP contribution in [0.2, 0.25) is 0 Å². The Kier molecular flexibility index (Phi) is 5.02. The molecular formula is C14H28O. The van der Waals surface area contributed by atoms with Gasteiger partial charge in [-0.25, -0.2) is 0 Å². The first-order valence-electron chi connectivity index (χ1n) is 6.12. The van der Waals surface area contributed by atoms with Crippen LogP contribution >= 0.6 is 0 Å². The Hall–Kier alpha value is -0.330. The Morgan fingerprint density at radius 2 is 1.53 bits per heavy atom. The molecule has 0 amide bonds. The van der Waals surface area contributed by atoms with Crippen LogP contribution in [0.1, 0.15) is 67.7 Å². The van der Waals surface area contributed by atoms with Gasteiger partial charge in [-0.2, -0.15) is 0 Å². The molecule has 0 aromatic heterocycles. The lowest BCUT2D eigenvalue weighted by Gasteiger charge is -2.29. The fourth-order valence-corrected chi connectivity index (χ4v) is 2.03. The molecule has 0 saturated heterocycles. The van der Waals surface area contributed by atoms with Crippen LogP contribution in [-0.4, -0.2) is 5.78 Å². The van der Waals surface area contributed by atoms with Crippen molar-refractivity contribution in [2.24, 2.45) is 16.7 Å². The molecule has 0 rings (SSSR count). The molecule has 0 aliphatic rings. The highest BCUT2D eigenvalue weighted by molar-refractivity contribution is 5.85. The van der Waals surface area contributed by atoms with Crippen LogP contribution in [0.15, 0.2) is 0 Å². The third kappa shape index (κ3) is 5.96. The van der Waals surface area contributed by atoms with Crippen molar-refractivity contribution in [1.82, 2.24) is 0 Å². The Bertz CT molecular complexity index is 202.